The Bertz CT molecular complexity index is 409. The predicted molar refractivity (Wildman–Crippen MR) is 66.3 cm³/mol. The Balaban J connectivity index is 2.12. The van der Waals surface area contributed by atoms with Gasteiger partial charge in [0, 0.05) is 17.3 Å². The van der Waals surface area contributed by atoms with E-state index in [-0.39, 0.29) is 34.7 Å². The number of carbonyl (C=O) groups excluding carboxylic acids is 1. The number of rotatable bonds is 0. The molecular weight excluding hydrogens is 212 g/mol. The zero-order valence-electron chi connectivity index (χ0n) is 11.1. The second kappa shape index (κ2) is 3.03. The SMILES string of the molecule is CC1C(=O)[C@H]2C=C[C@]1(C)[C@H]1[C@@H]2CC(C)(C)[C@@H]1O. The second-order valence-corrected chi connectivity index (χ2v) is 7.20. The Labute approximate surface area is 103 Å². The summed E-state index contributed by atoms with van der Waals surface area (Å²) in [4.78, 5) is 12.3. The van der Waals surface area contributed by atoms with Gasteiger partial charge in [-0.2, -0.15) is 0 Å². The minimum atomic E-state index is -0.277. The van der Waals surface area contributed by atoms with E-state index in [2.05, 4.69) is 32.9 Å². The van der Waals surface area contributed by atoms with Gasteiger partial charge in [0.05, 0.1) is 6.10 Å². The maximum absolute atomic E-state index is 12.3. The van der Waals surface area contributed by atoms with Crippen LogP contribution >= 0.6 is 0 Å². The first-order valence-electron chi connectivity index (χ1n) is 6.70. The lowest BCUT2D eigenvalue weighted by molar-refractivity contribution is -0.142. The topological polar surface area (TPSA) is 37.3 Å². The van der Waals surface area contributed by atoms with Crippen LogP contribution in [0.2, 0.25) is 0 Å². The molecule has 2 saturated carbocycles. The highest BCUT2D eigenvalue weighted by Crippen LogP contribution is 2.63. The van der Waals surface area contributed by atoms with E-state index in [0.29, 0.717) is 11.7 Å². The Hall–Kier alpha value is -0.630. The standard InChI is InChI=1S/C15H22O2/c1-8-12(16)9-5-6-15(8,4)11-10(9)7-14(2,3)13(11)17/h5-6,8-11,13,17H,7H2,1-4H3/t8?,9-,10+,11-,13+,15-/m0/s1. The Morgan fingerprint density at radius 2 is 2.00 bits per heavy atom. The van der Waals surface area contributed by atoms with Crippen LogP contribution in [0.1, 0.15) is 34.1 Å². The van der Waals surface area contributed by atoms with Gasteiger partial charge >= 0.3 is 0 Å². The Morgan fingerprint density at radius 3 is 2.65 bits per heavy atom. The predicted octanol–water partition coefficient (Wildman–Crippen LogP) is 2.42. The van der Waals surface area contributed by atoms with Crippen molar-refractivity contribution in [2.45, 2.75) is 40.2 Å². The molecule has 0 saturated heterocycles. The number of aliphatic hydroxyl groups is 1. The van der Waals surface area contributed by atoms with Crippen LogP contribution in [-0.4, -0.2) is 17.0 Å². The molecule has 0 amide bonds. The van der Waals surface area contributed by atoms with Crippen LogP contribution in [0.25, 0.3) is 0 Å². The molecule has 1 N–H and O–H groups in total. The lowest BCUT2D eigenvalue weighted by Gasteiger charge is -2.52. The molecule has 6 atom stereocenters. The molecule has 2 nitrogen and oxygen atoms in total. The van der Waals surface area contributed by atoms with Crippen LogP contribution in [0.15, 0.2) is 12.2 Å². The van der Waals surface area contributed by atoms with E-state index in [1.54, 1.807) is 0 Å². The van der Waals surface area contributed by atoms with Gasteiger partial charge in [-0.15, -0.1) is 0 Å². The number of hydrogen-bond acceptors (Lipinski definition) is 2. The number of ketones is 1. The van der Waals surface area contributed by atoms with E-state index in [9.17, 15) is 9.90 Å². The van der Waals surface area contributed by atoms with E-state index >= 15 is 0 Å². The molecule has 0 aliphatic heterocycles. The summed E-state index contributed by atoms with van der Waals surface area (Å²) in [7, 11) is 0. The largest absolute Gasteiger partial charge is 0.392 e. The van der Waals surface area contributed by atoms with Crippen LogP contribution in [0.3, 0.4) is 0 Å². The maximum atomic E-state index is 12.3. The van der Waals surface area contributed by atoms with Gasteiger partial charge in [-0.3, -0.25) is 4.79 Å². The van der Waals surface area contributed by atoms with Crippen LogP contribution in [0, 0.1) is 34.5 Å². The molecule has 94 valence electrons. The van der Waals surface area contributed by atoms with Gasteiger partial charge in [-0.1, -0.05) is 39.8 Å². The van der Waals surface area contributed by atoms with E-state index < -0.39 is 0 Å². The number of aliphatic hydroxyl groups excluding tert-OH is 1. The summed E-state index contributed by atoms with van der Waals surface area (Å²) >= 11 is 0. The summed E-state index contributed by atoms with van der Waals surface area (Å²) < 4.78 is 0. The second-order valence-electron chi connectivity index (χ2n) is 7.20. The normalized spacial score (nSPS) is 55.1. The van der Waals surface area contributed by atoms with Crippen molar-refractivity contribution in [1.29, 1.82) is 0 Å². The number of allylic oxidation sites excluding steroid dienone is 2. The van der Waals surface area contributed by atoms with Gasteiger partial charge in [0.1, 0.15) is 5.78 Å². The Morgan fingerprint density at radius 1 is 1.35 bits per heavy atom. The van der Waals surface area contributed by atoms with Gasteiger partial charge in [0.25, 0.3) is 0 Å². The number of hydrogen-bond donors (Lipinski definition) is 1. The summed E-state index contributed by atoms with van der Waals surface area (Å²) in [5.41, 5.74) is -0.186. The first kappa shape index (κ1) is 11.5. The zero-order chi connectivity index (χ0) is 12.6. The smallest absolute Gasteiger partial charge is 0.143 e. The van der Waals surface area contributed by atoms with Crippen molar-refractivity contribution in [3.63, 3.8) is 0 Å². The monoisotopic (exact) mass is 234 g/mol. The highest BCUT2D eigenvalue weighted by molar-refractivity contribution is 5.88. The average molecular weight is 234 g/mol. The van der Waals surface area contributed by atoms with Crippen LogP contribution in [0.5, 0.6) is 0 Å². The summed E-state index contributed by atoms with van der Waals surface area (Å²) in [6.45, 7) is 8.46. The maximum Gasteiger partial charge on any atom is 0.143 e. The molecule has 1 unspecified atom stereocenters. The van der Waals surface area contributed by atoms with Crippen molar-refractivity contribution in [1.82, 2.24) is 0 Å². The fourth-order valence-corrected chi connectivity index (χ4v) is 4.63. The lowest BCUT2D eigenvalue weighted by Crippen LogP contribution is -2.55. The Kier molecular flexibility index (Phi) is 2.04. The summed E-state index contributed by atoms with van der Waals surface area (Å²) in [6.07, 6.45) is 5.01. The van der Waals surface area contributed by atoms with Crippen LogP contribution < -0.4 is 0 Å². The van der Waals surface area contributed by atoms with Gasteiger partial charge in [-0.25, -0.2) is 0 Å². The molecule has 2 bridgehead atoms. The fourth-order valence-electron chi connectivity index (χ4n) is 4.63. The van der Waals surface area contributed by atoms with Crippen LogP contribution in [-0.2, 0) is 4.79 Å². The highest BCUT2D eigenvalue weighted by atomic mass is 16.3. The van der Waals surface area contributed by atoms with E-state index in [0.717, 1.165) is 6.42 Å². The molecule has 2 fully saturated rings. The molecule has 0 radical (unpaired) electrons. The molecule has 0 aromatic carbocycles. The molecule has 4 rings (SSSR count). The fraction of sp³-hybridized carbons (Fsp3) is 0.800. The molecule has 0 spiro atoms. The van der Waals surface area contributed by atoms with Gasteiger partial charge in [0.15, 0.2) is 0 Å². The zero-order valence-corrected chi connectivity index (χ0v) is 11.1. The van der Waals surface area contributed by atoms with E-state index in [1.807, 2.05) is 6.92 Å². The van der Waals surface area contributed by atoms with E-state index in [1.165, 1.54) is 0 Å². The van der Waals surface area contributed by atoms with Crippen molar-refractivity contribution < 1.29 is 9.90 Å². The number of carbonyl (C=O) groups is 1. The van der Waals surface area contributed by atoms with Crippen LogP contribution in [0.4, 0.5) is 0 Å². The molecule has 2 heteroatoms. The third-order valence-corrected chi connectivity index (χ3v) is 5.89. The third kappa shape index (κ3) is 1.17. The van der Waals surface area contributed by atoms with E-state index in [4.69, 9.17) is 0 Å². The molecule has 0 aromatic heterocycles. The van der Waals surface area contributed by atoms with Crippen molar-refractivity contribution >= 4 is 5.78 Å². The summed E-state index contributed by atoms with van der Waals surface area (Å²) in [5, 5.41) is 10.6. The first-order chi connectivity index (χ1) is 7.79. The van der Waals surface area contributed by atoms with Gasteiger partial charge in [0.2, 0.25) is 0 Å². The number of fused-ring (bicyclic) bond motifs is 1. The van der Waals surface area contributed by atoms with Crippen molar-refractivity contribution in [3.8, 4) is 0 Å². The minimum absolute atomic E-state index is 0.0504. The highest BCUT2D eigenvalue weighted by Gasteiger charge is 2.64. The molecule has 4 aliphatic carbocycles. The van der Waals surface area contributed by atoms with Gasteiger partial charge < -0.3 is 5.11 Å². The molecular formula is C15H22O2. The van der Waals surface area contributed by atoms with Gasteiger partial charge in [-0.05, 0) is 23.7 Å². The van der Waals surface area contributed by atoms with Crippen molar-refractivity contribution in [2.75, 3.05) is 0 Å². The van der Waals surface area contributed by atoms with Crippen molar-refractivity contribution in [3.05, 3.63) is 12.2 Å². The van der Waals surface area contributed by atoms with Crippen molar-refractivity contribution in [2.24, 2.45) is 34.5 Å². The lowest BCUT2D eigenvalue weighted by atomic mass is 9.51. The number of Topliss-reactive ketones (excluding diaryl/α,β-unsaturated/α-hetero) is 1. The molecule has 17 heavy (non-hydrogen) atoms. The summed E-state index contributed by atoms with van der Waals surface area (Å²) in [5.74, 6) is 1.13. The first-order valence-corrected chi connectivity index (χ1v) is 6.70. The third-order valence-electron chi connectivity index (χ3n) is 5.89. The molecule has 4 aliphatic rings. The quantitative estimate of drug-likeness (QED) is 0.654. The molecule has 0 heterocycles. The summed E-state index contributed by atoms with van der Waals surface area (Å²) in [6, 6.07) is 0. The average Bonchev–Trinajstić information content (AvgIpc) is 2.48. The molecule has 0 aromatic rings. The minimum Gasteiger partial charge on any atom is -0.392 e.